The molecule has 0 atom stereocenters. The molecule has 1 aromatic rings. The molecular formula is C10H15NO6S3. The Labute approximate surface area is 121 Å². The predicted molar refractivity (Wildman–Crippen MR) is 77.3 cm³/mol. The number of aryl methyl sites for hydroxylation is 1. The molecule has 0 fully saturated rings. The highest BCUT2D eigenvalue weighted by atomic mass is 32.3. The number of carbonyl (C=O) groups excluding carboxylic acids is 1. The monoisotopic (exact) mass is 341 g/mol. The fourth-order valence-corrected chi connectivity index (χ4v) is 5.58. The molecule has 0 aliphatic carbocycles. The van der Waals surface area contributed by atoms with Crippen LogP contribution in [0.25, 0.3) is 0 Å². The fraction of sp³-hybridized carbons (Fsp3) is 0.500. The minimum Gasteiger partial charge on any atom is -0.462 e. The molecule has 1 N–H and O–H groups in total. The third-order valence-electron chi connectivity index (χ3n) is 1.97. The highest BCUT2D eigenvalue weighted by molar-refractivity contribution is 8.08. The van der Waals surface area contributed by atoms with Gasteiger partial charge in [-0.3, -0.25) is 4.72 Å². The maximum absolute atomic E-state index is 11.7. The summed E-state index contributed by atoms with van der Waals surface area (Å²) in [5.74, 6) is -0.658. The van der Waals surface area contributed by atoms with Gasteiger partial charge in [0.05, 0.1) is 12.2 Å². The third kappa shape index (κ3) is 5.10. The highest BCUT2D eigenvalue weighted by Crippen LogP contribution is 2.29. The van der Waals surface area contributed by atoms with Gasteiger partial charge in [0.15, 0.2) is 14.9 Å². The van der Waals surface area contributed by atoms with E-state index in [1.165, 1.54) is 6.07 Å². The molecular weight excluding hydrogens is 326 g/mol. The van der Waals surface area contributed by atoms with Crippen molar-refractivity contribution in [2.75, 3.05) is 22.7 Å². The minimum absolute atomic E-state index is 0.0598. The van der Waals surface area contributed by atoms with E-state index in [1.54, 1.807) is 13.8 Å². The van der Waals surface area contributed by atoms with Crippen LogP contribution in [0, 0.1) is 6.92 Å². The smallest absolute Gasteiger partial charge is 0.341 e. The summed E-state index contributed by atoms with van der Waals surface area (Å²) in [5.41, 5.74) is 0.0754. The van der Waals surface area contributed by atoms with E-state index in [4.69, 9.17) is 4.74 Å². The first-order chi connectivity index (χ1) is 9.04. The van der Waals surface area contributed by atoms with Crippen molar-refractivity contribution in [3.05, 3.63) is 16.5 Å². The second kappa shape index (κ2) is 6.10. The second-order valence-corrected chi connectivity index (χ2v) is 9.56. The molecule has 0 saturated carbocycles. The first-order valence-corrected chi connectivity index (χ1v) is 10.0. The van der Waals surface area contributed by atoms with Crippen LogP contribution in [0.15, 0.2) is 6.07 Å². The van der Waals surface area contributed by atoms with Gasteiger partial charge in [0.25, 0.3) is 0 Å². The summed E-state index contributed by atoms with van der Waals surface area (Å²) < 4.78 is 52.5. The van der Waals surface area contributed by atoms with Crippen molar-refractivity contribution in [3.63, 3.8) is 0 Å². The maximum atomic E-state index is 11.7. The van der Waals surface area contributed by atoms with Crippen LogP contribution in [0.1, 0.15) is 22.2 Å². The Hall–Kier alpha value is -1.13. The quantitative estimate of drug-likeness (QED) is 0.773. The summed E-state index contributed by atoms with van der Waals surface area (Å²) in [7, 11) is -7.79. The number of anilines is 1. The van der Waals surface area contributed by atoms with Crippen LogP contribution in [-0.2, 0) is 24.6 Å². The molecule has 20 heavy (non-hydrogen) atoms. The molecule has 0 aromatic carbocycles. The van der Waals surface area contributed by atoms with Crippen molar-refractivity contribution in [2.24, 2.45) is 0 Å². The average Bonchev–Trinajstić information content (AvgIpc) is 2.54. The highest BCUT2D eigenvalue weighted by Gasteiger charge is 2.23. The Kier molecular flexibility index (Phi) is 5.16. The van der Waals surface area contributed by atoms with Gasteiger partial charge in [-0.05, 0) is 19.9 Å². The maximum Gasteiger partial charge on any atom is 0.341 e. The molecule has 0 amide bonds. The number of nitrogens with one attached hydrogen (secondary N) is 1. The number of sulfone groups is 1. The zero-order chi connectivity index (χ0) is 15.6. The van der Waals surface area contributed by atoms with E-state index in [1.807, 2.05) is 0 Å². The lowest BCUT2D eigenvalue weighted by molar-refractivity contribution is 0.0528. The molecule has 0 aliphatic rings. The number of esters is 1. The lowest BCUT2D eigenvalue weighted by Crippen LogP contribution is -2.22. The van der Waals surface area contributed by atoms with Gasteiger partial charge in [0.2, 0.25) is 10.0 Å². The van der Waals surface area contributed by atoms with Crippen molar-refractivity contribution in [3.8, 4) is 0 Å². The average molecular weight is 341 g/mol. The first-order valence-electron chi connectivity index (χ1n) is 5.50. The number of sulfonamides is 1. The number of hydrogen-bond donors (Lipinski definition) is 1. The topological polar surface area (TPSA) is 107 Å². The summed E-state index contributed by atoms with van der Waals surface area (Å²) in [6, 6.07) is 1.49. The van der Waals surface area contributed by atoms with Crippen LogP contribution in [-0.4, -0.2) is 40.8 Å². The summed E-state index contributed by atoms with van der Waals surface area (Å²) in [5, 5.41) is -0.983. The molecule has 1 heterocycles. The summed E-state index contributed by atoms with van der Waals surface area (Å²) >= 11 is 1.04. The van der Waals surface area contributed by atoms with Crippen LogP contribution >= 0.6 is 11.3 Å². The second-order valence-electron chi connectivity index (χ2n) is 4.08. The van der Waals surface area contributed by atoms with Crippen molar-refractivity contribution < 1.29 is 26.4 Å². The SMILES string of the molecule is CCOC(=O)c1cc(C)sc1NS(=O)(=O)CS(C)(=O)=O. The molecule has 1 aromatic heterocycles. The molecule has 0 saturated heterocycles. The number of carbonyl (C=O) groups is 1. The summed E-state index contributed by atoms with van der Waals surface area (Å²) in [6.45, 7) is 3.48. The van der Waals surface area contributed by atoms with Gasteiger partial charge in [0, 0.05) is 11.1 Å². The zero-order valence-corrected chi connectivity index (χ0v) is 13.6. The number of rotatable bonds is 6. The van der Waals surface area contributed by atoms with Crippen molar-refractivity contribution in [1.82, 2.24) is 0 Å². The van der Waals surface area contributed by atoms with Crippen molar-refractivity contribution in [1.29, 1.82) is 0 Å². The van der Waals surface area contributed by atoms with E-state index in [0.717, 1.165) is 17.6 Å². The van der Waals surface area contributed by atoms with E-state index in [2.05, 4.69) is 4.72 Å². The predicted octanol–water partition coefficient (Wildman–Crippen LogP) is 0.977. The zero-order valence-electron chi connectivity index (χ0n) is 11.2. The Bertz CT molecular complexity index is 701. The molecule has 0 spiro atoms. The van der Waals surface area contributed by atoms with Crippen molar-refractivity contribution >= 4 is 42.2 Å². The Morgan fingerprint density at radius 1 is 1.35 bits per heavy atom. The molecule has 0 aliphatic heterocycles. The van der Waals surface area contributed by atoms with Crippen molar-refractivity contribution in [2.45, 2.75) is 13.8 Å². The molecule has 7 nitrogen and oxygen atoms in total. The van der Waals surface area contributed by atoms with Gasteiger partial charge >= 0.3 is 5.97 Å². The number of hydrogen-bond acceptors (Lipinski definition) is 7. The first kappa shape index (κ1) is 16.9. The van der Waals surface area contributed by atoms with Gasteiger partial charge in [-0.2, -0.15) is 0 Å². The lowest BCUT2D eigenvalue weighted by Gasteiger charge is -2.07. The van der Waals surface area contributed by atoms with E-state index >= 15 is 0 Å². The van der Waals surface area contributed by atoms with Gasteiger partial charge in [-0.25, -0.2) is 21.6 Å². The summed E-state index contributed by atoms with van der Waals surface area (Å²) in [6.07, 6.45) is 0.818. The molecule has 0 bridgehead atoms. The molecule has 0 unspecified atom stereocenters. The van der Waals surface area contributed by atoms with Gasteiger partial charge in [-0.15, -0.1) is 11.3 Å². The summed E-state index contributed by atoms with van der Waals surface area (Å²) in [4.78, 5) is 12.4. The Morgan fingerprint density at radius 2 is 1.95 bits per heavy atom. The Balaban J connectivity index is 3.07. The largest absolute Gasteiger partial charge is 0.462 e. The van der Waals surface area contributed by atoms with Gasteiger partial charge < -0.3 is 4.74 Å². The minimum atomic E-state index is -4.09. The van der Waals surface area contributed by atoms with Gasteiger partial charge in [0.1, 0.15) is 5.00 Å². The van der Waals surface area contributed by atoms with Gasteiger partial charge in [-0.1, -0.05) is 0 Å². The normalized spacial score (nSPS) is 12.2. The van der Waals surface area contributed by atoms with E-state index in [-0.39, 0.29) is 17.2 Å². The van der Waals surface area contributed by atoms with E-state index < -0.39 is 30.9 Å². The molecule has 114 valence electrons. The van der Waals surface area contributed by atoms with Crippen LogP contribution in [0.3, 0.4) is 0 Å². The third-order valence-corrected chi connectivity index (χ3v) is 6.53. The fourth-order valence-electron chi connectivity index (χ4n) is 1.40. The Morgan fingerprint density at radius 3 is 2.45 bits per heavy atom. The standard InChI is InChI=1S/C10H15NO6S3/c1-4-17-10(12)8-5-7(2)18-9(8)11-20(15,16)6-19(3,13)14/h5,11H,4,6H2,1-3H3. The number of ether oxygens (including phenoxy) is 1. The van der Waals surface area contributed by atoms with E-state index in [0.29, 0.717) is 4.88 Å². The lowest BCUT2D eigenvalue weighted by atomic mass is 10.3. The number of thiophene rings is 1. The van der Waals surface area contributed by atoms with E-state index in [9.17, 15) is 21.6 Å². The molecule has 1 rings (SSSR count). The molecule has 10 heteroatoms. The van der Waals surface area contributed by atoms with Crippen LogP contribution in [0.4, 0.5) is 5.00 Å². The molecule has 0 radical (unpaired) electrons. The van der Waals surface area contributed by atoms with Crippen LogP contribution in [0.2, 0.25) is 0 Å². The van der Waals surface area contributed by atoms with Crippen LogP contribution < -0.4 is 4.72 Å². The van der Waals surface area contributed by atoms with Crippen LogP contribution in [0.5, 0.6) is 0 Å².